The Morgan fingerprint density at radius 1 is 1.19 bits per heavy atom. The zero-order valence-corrected chi connectivity index (χ0v) is 15.1. The SMILES string of the molecule is CC(OC(=O)Cc1ccccc1[N+](=O)[O-])C(=O)Nc1cc(Cl)cc(Cl)c1. The molecule has 2 rings (SSSR count). The number of hydrogen-bond donors (Lipinski definition) is 1. The smallest absolute Gasteiger partial charge is 0.311 e. The fourth-order valence-electron chi connectivity index (χ4n) is 2.16. The average Bonchev–Trinajstić information content (AvgIpc) is 2.53. The third-order valence-electron chi connectivity index (χ3n) is 3.33. The van der Waals surface area contributed by atoms with E-state index in [4.69, 9.17) is 27.9 Å². The highest BCUT2D eigenvalue weighted by Gasteiger charge is 2.21. The first-order valence-corrected chi connectivity index (χ1v) is 8.20. The molecule has 0 radical (unpaired) electrons. The zero-order chi connectivity index (χ0) is 19.3. The number of carbonyl (C=O) groups excluding carboxylic acids is 2. The molecule has 0 heterocycles. The molecule has 0 spiro atoms. The highest BCUT2D eigenvalue weighted by molar-refractivity contribution is 6.35. The van der Waals surface area contributed by atoms with Crippen molar-refractivity contribution in [1.82, 2.24) is 0 Å². The van der Waals surface area contributed by atoms with Crippen LogP contribution in [0.25, 0.3) is 0 Å². The topological polar surface area (TPSA) is 98.5 Å². The Labute approximate surface area is 159 Å². The van der Waals surface area contributed by atoms with Gasteiger partial charge in [0.1, 0.15) is 0 Å². The minimum atomic E-state index is -1.11. The molecular weight excluding hydrogens is 383 g/mol. The van der Waals surface area contributed by atoms with Gasteiger partial charge in [-0.05, 0) is 25.1 Å². The van der Waals surface area contributed by atoms with Crippen LogP contribution in [0.5, 0.6) is 0 Å². The maximum atomic E-state index is 12.1. The molecule has 1 N–H and O–H groups in total. The van der Waals surface area contributed by atoms with Crippen LogP contribution in [0.1, 0.15) is 12.5 Å². The number of nitro benzene ring substituents is 1. The molecule has 7 nitrogen and oxygen atoms in total. The van der Waals surface area contributed by atoms with E-state index in [2.05, 4.69) is 5.32 Å². The van der Waals surface area contributed by atoms with Crippen LogP contribution in [-0.4, -0.2) is 22.9 Å². The number of nitrogens with one attached hydrogen (secondary N) is 1. The van der Waals surface area contributed by atoms with E-state index in [1.807, 2.05) is 0 Å². The average molecular weight is 397 g/mol. The molecule has 1 atom stereocenters. The van der Waals surface area contributed by atoms with E-state index in [0.717, 1.165) is 0 Å². The lowest BCUT2D eigenvalue weighted by Gasteiger charge is -2.14. The fourth-order valence-corrected chi connectivity index (χ4v) is 2.68. The van der Waals surface area contributed by atoms with Gasteiger partial charge in [0.05, 0.1) is 11.3 Å². The van der Waals surface area contributed by atoms with E-state index < -0.39 is 22.9 Å². The summed E-state index contributed by atoms with van der Waals surface area (Å²) in [6.45, 7) is 1.39. The van der Waals surface area contributed by atoms with Gasteiger partial charge >= 0.3 is 5.97 Å². The molecule has 136 valence electrons. The van der Waals surface area contributed by atoms with Crippen molar-refractivity contribution in [3.05, 3.63) is 68.2 Å². The van der Waals surface area contributed by atoms with Crippen LogP contribution in [0.3, 0.4) is 0 Å². The molecule has 0 saturated heterocycles. The lowest BCUT2D eigenvalue weighted by molar-refractivity contribution is -0.385. The van der Waals surface area contributed by atoms with Gasteiger partial charge in [-0.25, -0.2) is 0 Å². The van der Waals surface area contributed by atoms with Crippen LogP contribution in [0, 0.1) is 10.1 Å². The van der Waals surface area contributed by atoms with E-state index >= 15 is 0 Å². The Hall–Kier alpha value is -2.64. The molecule has 1 unspecified atom stereocenters. The van der Waals surface area contributed by atoms with E-state index in [9.17, 15) is 19.7 Å². The van der Waals surface area contributed by atoms with Gasteiger partial charge in [-0.15, -0.1) is 0 Å². The molecule has 0 aliphatic heterocycles. The normalized spacial score (nSPS) is 11.5. The number of esters is 1. The third-order valence-corrected chi connectivity index (χ3v) is 3.77. The van der Waals surface area contributed by atoms with Gasteiger partial charge in [-0.3, -0.25) is 19.7 Å². The van der Waals surface area contributed by atoms with Gasteiger partial charge < -0.3 is 10.1 Å². The first kappa shape index (κ1) is 19.7. The molecule has 2 aromatic carbocycles. The predicted octanol–water partition coefficient (Wildman–Crippen LogP) is 4.01. The Balaban J connectivity index is 1.98. The van der Waals surface area contributed by atoms with Crippen LogP contribution in [-0.2, 0) is 20.7 Å². The number of amides is 1. The van der Waals surface area contributed by atoms with Gasteiger partial charge in [0.2, 0.25) is 0 Å². The first-order chi connectivity index (χ1) is 12.3. The van der Waals surface area contributed by atoms with E-state index in [-0.39, 0.29) is 17.7 Å². The Kier molecular flexibility index (Phi) is 6.54. The summed E-state index contributed by atoms with van der Waals surface area (Å²) < 4.78 is 5.04. The minimum Gasteiger partial charge on any atom is -0.452 e. The van der Waals surface area contributed by atoms with Crippen molar-refractivity contribution in [1.29, 1.82) is 0 Å². The second kappa shape index (κ2) is 8.64. The number of benzene rings is 2. The number of ether oxygens (including phenoxy) is 1. The lowest BCUT2D eigenvalue weighted by atomic mass is 10.1. The van der Waals surface area contributed by atoms with Gasteiger partial charge in [-0.2, -0.15) is 0 Å². The summed E-state index contributed by atoms with van der Waals surface area (Å²) in [5.74, 6) is -1.34. The first-order valence-electron chi connectivity index (χ1n) is 7.45. The summed E-state index contributed by atoms with van der Waals surface area (Å²) in [6.07, 6.45) is -1.43. The van der Waals surface area contributed by atoms with E-state index in [1.54, 1.807) is 6.07 Å². The quantitative estimate of drug-likeness (QED) is 0.451. The van der Waals surface area contributed by atoms with Crippen LogP contribution in [0.15, 0.2) is 42.5 Å². The summed E-state index contributed by atoms with van der Waals surface area (Å²) >= 11 is 11.7. The number of para-hydroxylation sites is 1. The Bertz CT molecular complexity index is 837. The number of anilines is 1. The van der Waals surface area contributed by atoms with E-state index in [0.29, 0.717) is 15.7 Å². The summed E-state index contributed by atoms with van der Waals surface area (Å²) in [4.78, 5) is 34.5. The number of carbonyl (C=O) groups is 2. The number of nitrogens with zero attached hydrogens (tertiary/aromatic N) is 1. The summed E-state index contributed by atoms with van der Waals surface area (Å²) in [5, 5.41) is 14.2. The standard InChI is InChI=1S/C17H14Cl2N2O5/c1-10(17(23)20-14-8-12(18)7-13(19)9-14)26-16(22)6-11-4-2-3-5-15(11)21(24)25/h2-5,7-10H,6H2,1H3,(H,20,23). The minimum absolute atomic E-state index is 0.185. The van der Waals surface area contributed by atoms with Gasteiger partial charge in [-0.1, -0.05) is 41.4 Å². The fraction of sp³-hybridized carbons (Fsp3) is 0.176. The summed E-state index contributed by atoms with van der Waals surface area (Å²) in [5.41, 5.74) is 0.376. The highest BCUT2D eigenvalue weighted by Crippen LogP contribution is 2.23. The summed E-state index contributed by atoms with van der Waals surface area (Å²) in [6, 6.07) is 10.3. The number of halogens is 2. The molecule has 0 aliphatic carbocycles. The van der Waals surface area contributed by atoms with Crippen LogP contribution >= 0.6 is 23.2 Å². The molecule has 0 fully saturated rings. The van der Waals surface area contributed by atoms with Crippen LogP contribution < -0.4 is 5.32 Å². The van der Waals surface area contributed by atoms with Crippen molar-refractivity contribution in [2.24, 2.45) is 0 Å². The highest BCUT2D eigenvalue weighted by atomic mass is 35.5. The van der Waals surface area contributed by atoms with Crippen molar-refractivity contribution < 1.29 is 19.2 Å². The molecule has 0 aliphatic rings. The third kappa shape index (κ3) is 5.44. The van der Waals surface area contributed by atoms with Gasteiger partial charge in [0.15, 0.2) is 6.10 Å². The monoisotopic (exact) mass is 396 g/mol. The molecule has 9 heteroatoms. The van der Waals surface area contributed by atoms with Crippen molar-refractivity contribution in [2.75, 3.05) is 5.32 Å². The zero-order valence-electron chi connectivity index (χ0n) is 13.6. The van der Waals surface area contributed by atoms with Gasteiger partial charge in [0.25, 0.3) is 11.6 Å². The van der Waals surface area contributed by atoms with Crippen molar-refractivity contribution in [2.45, 2.75) is 19.4 Å². The number of rotatable bonds is 6. The van der Waals surface area contributed by atoms with Crippen molar-refractivity contribution in [3.63, 3.8) is 0 Å². The van der Waals surface area contributed by atoms with Crippen LogP contribution in [0.2, 0.25) is 10.0 Å². The van der Waals surface area contributed by atoms with Crippen molar-refractivity contribution in [3.8, 4) is 0 Å². The number of nitro groups is 1. The molecule has 0 bridgehead atoms. The van der Waals surface area contributed by atoms with Crippen LogP contribution in [0.4, 0.5) is 11.4 Å². The second-order valence-electron chi connectivity index (χ2n) is 5.34. The maximum absolute atomic E-state index is 12.1. The van der Waals surface area contributed by atoms with Crippen molar-refractivity contribution >= 4 is 46.5 Å². The molecule has 0 saturated carbocycles. The second-order valence-corrected chi connectivity index (χ2v) is 6.21. The molecule has 0 aromatic heterocycles. The number of hydrogen-bond acceptors (Lipinski definition) is 5. The molecule has 26 heavy (non-hydrogen) atoms. The predicted molar refractivity (Wildman–Crippen MR) is 97.4 cm³/mol. The molecule has 1 amide bonds. The lowest BCUT2D eigenvalue weighted by Crippen LogP contribution is -2.30. The molecule has 2 aromatic rings. The Morgan fingerprint density at radius 3 is 2.42 bits per heavy atom. The summed E-state index contributed by atoms with van der Waals surface area (Å²) in [7, 11) is 0. The largest absolute Gasteiger partial charge is 0.452 e. The maximum Gasteiger partial charge on any atom is 0.311 e. The van der Waals surface area contributed by atoms with Gasteiger partial charge in [0, 0.05) is 27.4 Å². The molecular formula is C17H14Cl2N2O5. The Morgan fingerprint density at radius 2 is 1.81 bits per heavy atom. The van der Waals surface area contributed by atoms with E-state index in [1.165, 1.54) is 43.3 Å².